The van der Waals surface area contributed by atoms with Crippen LogP contribution in [0.5, 0.6) is 11.5 Å². The lowest BCUT2D eigenvalue weighted by molar-refractivity contribution is 0.0938. The standard InChI is InChI=1S/C20H26ClNO4/c1-15-4-3-5-16(10-15)14-26-20-12-18(21)17(11-19(20)24-2)13-22-6-8-25-9-7-23/h3-5,10-12,22-23H,6-9,13-14H2,1-2H3. The highest BCUT2D eigenvalue weighted by molar-refractivity contribution is 6.31. The van der Waals surface area contributed by atoms with Crippen LogP contribution in [0.4, 0.5) is 0 Å². The van der Waals surface area contributed by atoms with Gasteiger partial charge in [0.15, 0.2) is 11.5 Å². The van der Waals surface area contributed by atoms with Crippen molar-refractivity contribution in [3.05, 3.63) is 58.1 Å². The van der Waals surface area contributed by atoms with E-state index in [0.717, 1.165) is 11.1 Å². The highest BCUT2D eigenvalue weighted by Crippen LogP contribution is 2.34. The first-order valence-corrected chi connectivity index (χ1v) is 8.96. The summed E-state index contributed by atoms with van der Waals surface area (Å²) in [4.78, 5) is 0. The van der Waals surface area contributed by atoms with E-state index in [9.17, 15) is 0 Å². The zero-order chi connectivity index (χ0) is 18.8. The van der Waals surface area contributed by atoms with E-state index in [4.69, 9.17) is 30.9 Å². The van der Waals surface area contributed by atoms with Crippen LogP contribution in [0.3, 0.4) is 0 Å². The van der Waals surface area contributed by atoms with E-state index in [0.29, 0.717) is 49.4 Å². The number of ether oxygens (including phenoxy) is 3. The predicted octanol–water partition coefficient (Wildman–Crippen LogP) is 3.33. The molecular formula is C20H26ClNO4. The third kappa shape index (κ3) is 6.50. The Labute approximate surface area is 159 Å². The minimum atomic E-state index is 0.0348. The number of nitrogens with one attached hydrogen (secondary N) is 1. The monoisotopic (exact) mass is 379 g/mol. The smallest absolute Gasteiger partial charge is 0.163 e. The van der Waals surface area contributed by atoms with Crippen molar-refractivity contribution in [3.8, 4) is 11.5 Å². The Kier molecular flexibility index (Phi) is 8.71. The third-order valence-corrected chi connectivity index (χ3v) is 4.14. The zero-order valence-corrected chi connectivity index (χ0v) is 16.0. The van der Waals surface area contributed by atoms with E-state index in [2.05, 4.69) is 24.4 Å². The molecule has 0 amide bonds. The second kappa shape index (κ2) is 11.0. The molecule has 0 aromatic heterocycles. The molecule has 0 aliphatic rings. The Hall–Kier alpha value is -1.79. The number of benzene rings is 2. The summed E-state index contributed by atoms with van der Waals surface area (Å²) in [5.41, 5.74) is 3.21. The Bertz CT molecular complexity index is 694. The summed E-state index contributed by atoms with van der Waals surface area (Å²) in [7, 11) is 1.61. The van der Waals surface area contributed by atoms with Gasteiger partial charge >= 0.3 is 0 Å². The van der Waals surface area contributed by atoms with Gasteiger partial charge in [-0.05, 0) is 24.1 Å². The summed E-state index contributed by atoms with van der Waals surface area (Å²) in [6.07, 6.45) is 0. The molecule has 0 aliphatic carbocycles. The fourth-order valence-electron chi connectivity index (χ4n) is 2.48. The van der Waals surface area contributed by atoms with Gasteiger partial charge in [0.05, 0.1) is 26.9 Å². The first-order valence-electron chi connectivity index (χ1n) is 8.58. The molecule has 0 saturated heterocycles. The molecule has 0 atom stereocenters. The van der Waals surface area contributed by atoms with Crippen molar-refractivity contribution < 1.29 is 19.3 Å². The van der Waals surface area contributed by atoms with E-state index in [-0.39, 0.29) is 6.61 Å². The number of hydrogen-bond donors (Lipinski definition) is 2. The van der Waals surface area contributed by atoms with Crippen LogP contribution in [-0.4, -0.2) is 38.6 Å². The Morgan fingerprint density at radius 3 is 2.69 bits per heavy atom. The van der Waals surface area contributed by atoms with Gasteiger partial charge in [0.1, 0.15) is 6.61 Å². The Morgan fingerprint density at radius 2 is 1.96 bits per heavy atom. The molecular weight excluding hydrogens is 354 g/mol. The van der Waals surface area contributed by atoms with E-state index in [1.807, 2.05) is 18.2 Å². The largest absolute Gasteiger partial charge is 0.493 e. The first kappa shape index (κ1) is 20.5. The lowest BCUT2D eigenvalue weighted by Crippen LogP contribution is -2.20. The van der Waals surface area contributed by atoms with Crippen LogP contribution in [0.1, 0.15) is 16.7 Å². The van der Waals surface area contributed by atoms with Gasteiger partial charge in [0, 0.05) is 24.2 Å². The fraction of sp³-hybridized carbons (Fsp3) is 0.400. The number of rotatable bonds is 11. The second-order valence-electron chi connectivity index (χ2n) is 5.88. The van der Waals surface area contributed by atoms with Gasteiger partial charge in [-0.15, -0.1) is 0 Å². The minimum Gasteiger partial charge on any atom is -0.493 e. The highest BCUT2D eigenvalue weighted by Gasteiger charge is 2.11. The van der Waals surface area contributed by atoms with Gasteiger partial charge in [-0.1, -0.05) is 41.4 Å². The lowest BCUT2D eigenvalue weighted by atomic mass is 10.1. The van der Waals surface area contributed by atoms with Crippen molar-refractivity contribution in [1.29, 1.82) is 0 Å². The zero-order valence-electron chi connectivity index (χ0n) is 15.3. The first-order chi connectivity index (χ1) is 12.6. The van der Waals surface area contributed by atoms with Crippen LogP contribution < -0.4 is 14.8 Å². The maximum absolute atomic E-state index is 8.66. The molecule has 0 aliphatic heterocycles. The van der Waals surface area contributed by atoms with Gasteiger partial charge in [-0.2, -0.15) is 0 Å². The highest BCUT2D eigenvalue weighted by atomic mass is 35.5. The molecule has 5 nitrogen and oxygen atoms in total. The van der Waals surface area contributed by atoms with E-state index in [1.165, 1.54) is 5.56 Å². The number of hydrogen-bond acceptors (Lipinski definition) is 5. The van der Waals surface area contributed by atoms with Crippen LogP contribution in [0.25, 0.3) is 0 Å². The summed E-state index contributed by atoms with van der Waals surface area (Å²) < 4.78 is 16.6. The minimum absolute atomic E-state index is 0.0348. The topological polar surface area (TPSA) is 60.0 Å². The maximum atomic E-state index is 8.66. The molecule has 6 heteroatoms. The molecule has 0 radical (unpaired) electrons. The van der Waals surface area contributed by atoms with Crippen LogP contribution >= 0.6 is 11.6 Å². The van der Waals surface area contributed by atoms with E-state index in [1.54, 1.807) is 13.2 Å². The number of aryl methyl sites for hydroxylation is 1. The van der Waals surface area contributed by atoms with Crippen molar-refractivity contribution in [2.75, 3.05) is 33.5 Å². The summed E-state index contributed by atoms with van der Waals surface area (Å²) in [5.74, 6) is 1.27. The summed E-state index contributed by atoms with van der Waals surface area (Å²) in [5, 5.41) is 12.5. The molecule has 2 aromatic carbocycles. The normalized spacial score (nSPS) is 10.8. The fourth-order valence-corrected chi connectivity index (χ4v) is 2.70. The quantitative estimate of drug-likeness (QED) is 0.586. The van der Waals surface area contributed by atoms with Crippen molar-refractivity contribution in [2.24, 2.45) is 0 Å². The van der Waals surface area contributed by atoms with Crippen LogP contribution in [0, 0.1) is 6.92 Å². The molecule has 0 heterocycles. The summed E-state index contributed by atoms with van der Waals surface area (Å²) >= 11 is 6.39. The number of aliphatic hydroxyl groups is 1. The summed E-state index contributed by atoms with van der Waals surface area (Å²) in [6.45, 7) is 4.69. The van der Waals surface area contributed by atoms with Gasteiger partial charge < -0.3 is 24.6 Å². The third-order valence-electron chi connectivity index (χ3n) is 3.78. The van der Waals surface area contributed by atoms with Gasteiger partial charge in [-0.3, -0.25) is 0 Å². The maximum Gasteiger partial charge on any atom is 0.163 e. The molecule has 0 saturated carbocycles. The molecule has 2 rings (SSSR count). The van der Waals surface area contributed by atoms with Crippen LogP contribution in [-0.2, 0) is 17.9 Å². The van der Waals surface area contributed by atoms with Crippen molar-refractivity contribution in [1.82, 2.24) is 5.32 Å². The molecule has 2 N–H and O–H groups in total. The van der Waals surface area contributed by atoms with E-state index >= 15 is 0 Å². The lowest BCUT2D eigenvalue weighted by Gasteiger charge is -2.14. The SMILES string of the molecule is COc1cc(CNCCOCCO)c(Cl)cc1OCc1cccc(C)c1. The van der Waals surface area contributed by atoms with Crippen LogP contribution in [0.2, 0.25) is 5.02 Å². The van der Waals surface area contributed by atoms with E-state index < -0.39 is 0 Å². The van der Waals surface area contributed by atoms with Gasteiger partial charge in [0.2, 0.25) is 0 Å². The Morgan fingerprint density at radius 1 is 1.12 bits per heavy atom. The van der Waals surface area contributed by atoms with Crippen molar-refractivity contribution in [2.45, 2.75) is 20.1 Å². The molecule has 0 fully saturated rings. The average molecular weight is 380 g/mol. The van der Waals surface area contributed by atoms with Gasteiger partial charge in [-0.25, -0.2) is 0 Å². The molecule has 26 heavy (non-hydrogen) atoms. The predicted molar refractivity (Wildman–Crippen MR) is 103 cm³/mol. The molecule has 0 spiro atoms. The number of methoxy groups -OCH3 is 1. The van der Waals surface area contributed by atoms with Gasteiger partial charge in [0.25, 0.3) is 0 Å². The second-order valence-corrected chi connectivity index (χ2v) is 6.29. The van der Waals surface area contributed by atoms with Crippen molar-refractivity contribution in [3.63, 3.8) is 0 Å². The molecule has 142 valence electrons. The Balaban J connectivity index is 1.95. The number of aliphatic hydroxyl groups excluding tert-OH is 1. The number of halogens is 1. The van der Waals surface area contributed by atoms with Crippen LogP contribution in [0.15, 0.2) is 36.4 Å². The molecule has 0 bridgehead atoms. The summed E-state index contributed by atoms with van der Waals surface area (Å²) in [6, 6.07) is 11.9. The molecule has 2 aromatic rings. The molecule has 0 unspecified atom stereocenters. The average Bonchev–Trinajstić information content (AvgIpc) is 2.64. The van der Waals surface area contributed by atoms with Crippen molar-refractivity contribution >= 4 is 11.6 Å².